The molecule has 0 radical (unpaired) electrons. The van der Waals surface area contributed by atoms with Crippen molar-refractivity contribution in [2.24, 2.45) is 0 Å². The Bertz CT molecular complexity index is 1320. The van der Waals surface area contributed by atoms with Gasteiger partial charge in [-0.05, 0) is 48.9 Å². The summed E-state index contributed by atoms with van der Waals surface area (Å²) in [6.45, 7) is 1.42. The molecule has 170 valence electrons. The topological polar surface area (TPSA) is 79.5 Å². The summed E-state index contributed by atoms with van der Waals surface area (Å²) in [5.41, 5.74) is -1.86. The van der Waals surface area contributed by atoms with E-state index in [1.54, 1.807) is 18.2 Å². The lowest BCUT2D eigenvalue weighted by atomic mass is 9.97. The molecule has 1 aromatic carbocycles. The molecule has 0 saturated heterocycles. The number of carbonyl (C=O) groups excluding carboxylic acids is 1. The minimum absolute atomic E-state index is 0.0298. The fourth-order valence-corrected chi connectivity index (χ4v) is 3.50. The van der Waals surface area contributed by atoms with Crippen LogP contribution in [0.4, 0.5) is 23.4 Å². The highest BCUT2D eigenvalue weighted by Gasteiger charge is 2.32. The molecule has 4 rings (SSSR count). The third kappa shape index (κ3) is 4.70. The number of nitrogens with one attached hydrogen (secondary N) is 1. The number of aromatic nitrogens is 3. The number of amides is 1. The molecular weight excluding hydrogens is 440 g/mol. The number of hydrogen-bond donors (Lipinski definition) is 2. The molecule has 33 heavy (non-hydrogen) atoms. The van der Waals surface area contributed by atoms with Gasteiger partial charge in [0.2, 0.25) is 5.91 Å². The van der Waals surface area contributed by atoms with E-state index in [-0.39, 0.29) is 28.2 Å². The largest absolute Gasteiger partial charge is 0.416 e. The van der Waals surface area contributed by atoms with Crippen molar-refractivity contribution in [3.8, 4) is 11.1 Å². The molecule has 0 saturated carbocycles. The lowest BCUT2D eigenvalue weighted by molar-refractivity contribution is -0.137. The van der Waals surface area contributed by atoms with E-state index in [0.717, 1.165) is 24.4 Å². The second kappa shape index (κ2) is 8.28. The molecule has 0 aliphatic rings. The lowest BCUT2D eigenvalue weighted by Crippen LogP contribution is -2.29. The average molecular weight is 458 g/mol. The summed E-state index contributed by atoms with van der Waals surface area (Å²) in [5, 5.41) is 17.4. The van der Waals surface area contributed by atoms with Crippen LogP contribution in [0.25, 0.3) is 16.6 Å². The van der Waals surface area contributed by atoms with Crippen LogP contribution >= 0.6 is 0 Å². The second-order valence-corrected chi connectivity index (χ2v) is 7.69. The SMILES string of the molecule is C[C@@](O)(CC(=O)Nc1nn2ccc(C(F)(F)F)cc2c1-c1cccc(F)c1)c1ccccn1. The first-order valence-corrected chi connectivity index (χ1v) is 9.84. The van der Waals surface area contributed by atoms with Gasteiger partial charge in [0.05, 0.1) is 28.8 Å². The van der Waals surface area contributed by atoms with Gasteiger partial charge in [0.25, 0.3) is 0 Å². The number of benzene rings is 1. The van der Waals surface area contributed by atoms with Crippen molar-refractivity contribution in [1.82, 2.24) is 14.6 Å². The number of fused-ring (bicyclic) bond motifs is 1. The Morgan fingerprint density at radius 2 is 1.91 bits per heavy atom. The molecule has 0 aliphatic carbocycles. The van der Waals surface area contributed by atoms with E-state index in [2.05, 4.69) is 15.4 Å². The van der Waals surface area contributed by atoms with Crippen LogP contribution in [0.3, 0.4) is 0 Å². The third-order valence-corrected chi connectivity index (χ3v) is 5.05. The van der Waals surface area contributed by atoms with E-state index >= 15 is 0 Å². The van der Waals surface area contributed by atoms with Gasteiger partial charge in [-0.2, -0.15) is 13.2 Å². The summed E-state index contributed by atoms with van der Waals surface area (Å²) < 4.78 is 54.9. The first kappa shape index (κ1) is 22.4. The van der Waals surface area contributed by atoms with Gasteiger partial charge >= 0.3 is 6.18 Å². The molecule has 0 bridgehead atoms. The molecule has 3 heterocycles. The number of rotatable bonds is 5. The summed E-state index contributed by atoms with van der Waals surface area (Å²) in [5.74, 6) is -1.32. The number of hydrogen-bond acceptors (Lipinski definition) is 4. The van der Waals surface area contributed by atoms with E-state index in [9.17, 15) is 27.5 Å². The Morgan fingerprint density at radius 1 is 1.12 bits per heavy atom. The molecule has 0 aliphatic heterocycles. The van der Waals surface area contributed by atoms with Crippen LogP contribution in [0, 0.1) is 5.82 Å². The maximum absolute atomic E-state index is 13.9. The van der Waals surface area contributed by atoms with Crippen LogP contribution in [0.5, 0.6) is 0 Å². The summed E-state index contributed by atoms with van der Waals surface area (Å²) in [6, 6.07) is 11.9. The summed E-state index contributed by atoms with van der Waals surface area (Å²) in [6.07, 6.45) is -2.41. The predicted octanol–water partition coefficient (Wildman–Crippen LogP) is 4.79. The summed E-state index contributed by atoms with van der Waals surface area (Å²) >= 11 is 0. The first-order chi connectivity index (χ1) is 15.5. The molecule has 4 aromatic rings. The van der Waals surface area contributed by atoms with Gasteiger partial charge in [0.1, 0.15) is 11.4 Å². The highest BCUT2D eigenvalue weighted by molar-refractivity contribution is 5.99. The van der Waals surface area contributed by atoms with Gasteiger partial charge in [-0.3, -0.25) is 9.78 Å². The van der Waals surface area contributed by atoms with E-state index in [4.69, 9.17) is 0 Å². The van der Waals surface area contributed by atoms with Crippen molar-refractivity contribution in [1.29, 1.82) is 0 Å². The number of halogens is 4. The van der Waals surface area contributed by atoms with Crippen molar-refractivity contribution in [3.63, 3.8) is 0 Å². The maximum Gasteiger partial charge on any atom is 0.416 e. The van der Waals surface area contributed by atoms with Gasteiger partial charge in [-0.25, -0.2) is 8.91 Å². The Labute approximate surface area is 185 Å². The van der Waals surface area contributed by atoms with Gasteiger partial charge in [0, 0.05) is 12.4 Å². The molecule has 1 amide bonds. The molecule has 0 fully saturated rings. The van der Waals surface area contributed by atoms with Crippen LogP contribution in [0.1, 0.15) is 24.6 Å². The highest BCUT2D eigenvalue weighted by Crippen LogP contribution is 2.36. The summed E-state index contributed by atoms with van der Waals surface area (Å²) in [4.78, 5) is 16.8. The Morgan fingerprint density at radius 3 is 2.58 bits per heavy atom. The zero-order valence-electron chi connectivity index (χ0n) is 17.3. The number of anilines is 1. The zero-order valence-corrected chi connectivity index (χ0v) is 17.3. The standard InChI is InChI=1S/C23H18F4N4O2/c1-22(33,18-7-2-3-9-28-18)13-19(32)29-21-20(14-5-4-6-16(24)11-14)17-12-15(23(25,26)27)8-10-31(17)30-21/h2-12,33H,13H2,1H3,(H,29,30,32)/t22-/m1/s1. The van der Waals surface area contributed by atoms with Crippen LogP contribution in [0.2, 0.25) is 0 Å². The minimum atomic E-state index is -4.60. The number of alkyl halides is 3. The van der Waals surface area contributed by atoms with Gasteiger partial charge < -0.3 is 10.4 Å². The Hall–Kier alpha value is -3.79. The van der Waals surface area contributed by atoms with Gasteiger partial charge in [-0.1, -0.05) is 18.2 Å². The predicted molar refractivity (Wildman–Crippen MR) is 113 cm³/mol. The van der Waals surface area contributed by atoms with Crippen LogP contribution in [0.15, 0.2) is 67.0 Å². The zero-order chi connectivity index (χ0) is 23.8. The van der Waals surface area contributed by atoms with Crippen molar-refractivity contribution in [3.05, 3.63) is 84.1 Å². The van der Waals surface area contributed by atoms with Crippen LogP contribution in [-0.2, 0) is 16.6 Å². The molecule has 0 unspecified atom stereocenters. The highest BCUT2D eigenvalue weighted by atomic mass is 19.4. The third-order valence-electron chi connectivity index (χ3n) is 5.05. The Kier molecular flexibility index (Phi) is 5.62. The van der Waals surface area contributed by atoms with E-state index in [1.165, 1.54) is 35.8 Å². The average Bonchev–Trinajstić information content (AvgIpc) is 3.10. The molecule has 3 aromatic heterocycles. The lowest BCUT2D eigenvalue weighted by Gasteiger charge is -2.21. The molecule has 10 heteroatoms. The molecule has 2 N–H and O–H groups in total. The van der Waals surface area contributed by atoms with Crippen molar-refractivity contribution < 1.29 is 27.5 Å². The maximum atomic E-state index is 13.9. The Balaban J connectivity index is 1.75. The molecule has 1 atom stereocenters. The minimum Gasteiger partial charge on any atom is -0.383 e. The number of carbonyl (C=O) groups is 1. The van der Waals surface area contributed by atoms with Crippen LogP contribution < -0.4 is 5.32 Å². The number of pyridine rings is 2. The van der Waals surface area contributed by atoms with Gasteiger partial charge in [0.15, 0.2) is 5.82 Å². The fraction of sp³-hybridized carbons (Fsp3) is 0.174. The number of aliphatic hydroxyl groups is 1. The van der Waals surface area contributed by atoms with Crippen molar-refractivity contribution in [2.45, 2.75) is 25.1 Å². The summed E-state index contributed by atoms with van der Waals surface area (Å²) in [7, 11) is 0. The molecule has 0 spiro atoms. The monoisotopic (exact) mass is 458 g/mol. The second-order valence-electron chi connectivity index (χ2n) is 7.69. The first-order valence-electron chi connectivity index (χ1n) is 9.84. The van der Waals surface area contributed by atoms with E-state index < -0.39 is 35.5 Å². The smallest absolute Gasteiger partial charge is 0.383 e. The fourth-order valence-electron chi connectivity index (χ4n) is 3.50. The number of nitrogens with zero attached hydrogens (tertiary/aromatic N) is 3. The normalized spacial score (nSPS) is 13.6. The van der Waals surface area contributed by atoms with Crippen molar-refractivity contribution in [2.75, 3.05) is 5.32 Å². The van der Waals surface area contributed by atoms with E-state index in [0.29, 0.717) is 0 Å². The quantitative estimate of drug-likeness (QED) is 0.422. The molecular formula is C23H18F4N4O2. The van der Waals surface area contributed by atoms with Crippen LogP contribution in [-0.4, -0.2) is 25.6 Å². The van der Waals surface area contributed by atoms with Gasteiger partial charge in [-0.15, -0.1) is 5.10 Å². The van der Waals surface area contributed by atoms with Crippen molar-refractivity contribution >= 4 is 17.2 Å². The molecule has 6 nitrogen and oxygen atoms in total. The van der Waals surface area contributed by atoms with E-state index in [1.807, 2.05) is 0 Å².